The molecule has 0 saturated carbocycles. The number of rotatable bonds is 10. The minimum atomic E-state index is -0.257. The number of aromatic nitrogens is 4. The number of carbonyl (C=O) groups excluding carboxylic acids is 2. The molecular formula is C25H29Cl2N7O2. The van der Waals surface area contributed by atoms with Crippen LogP contribution in [-0.2, 0) is 11.3 Å². The molecule has 0 aliphatic heterocycles. The largest absolute Gasteiger partial charge is 0.345 e. The van der Waals surface area contributed by atoms with Crippen molar-refractivity contribution in [2.45, 2.75) is 39.3 Å². The van der Waals surface area contributed by atoms with Gasteiger partial charge in [-0.25, -0.2) is 0 Å². The zero-order chi connectivity index (χ0) is 26.2. The van der Waals surface area contributed by atoms with Crippen LogP contribution >= 0.6 is 23.2 Å². The summed E-state index contributed by atoms with van der Waals surface area (Å²) in [5.74, 6) is 0.347. The summed E-state index contributed by atoms with van der Waals surface area (Å²) in [6.45, 7) is 4.45. The van der Waals surface area contributed by atoms with Crippen LogP contribution in [0.3, 0.4) is 0 Å². The van der Waals surface area contributed by atoms with Crippen LogP contribution in [0.2, 0.25) is 10.0 Å². The summed E-state index contributed by atoms with van der Waals surface area (Å²) in [5, 5.41) is 17.1. The number of nitrogens with zero attached hydrogens (tertiary/aromatic N) is 5. The van der Waals surface area contributed by atoms with E-state index in [-0.39, 0.29) is 30.1 Å². The van der Waals surface area contributed by atoms with Gasteiger partial charge in [-0.3, -0.25) is 14.6 Å². The van der Waals surface area contributed by atoms with Gasteiger partial charge in [-0.2, -0.15) is 5.21 Å². The van der Waals surface area contributed by atoms with Gasteiger partial charge in [0.25, 0.3) is 11.8 Å². The van der Waals surface area contributed by atoms with Gasteiger partial charge in [0.2, 0.25) is 0 Å². The normalized spacial score (nSPS) is 12.5. The second kappa shape index (κ2) is 12.6. The number of aromatic amines is 1. The maximum atomic E-state index is 13.6. The fourth-order valence-electron chi connectivity index (χ4n) is 3.80. The molecule has 0 radical (unpaired) electrons. The number of hydrogen-bond acceptors (Lipinski definition) is 6. The highest BCUT2D eigenvalue weighted by Gasteiger charge is 2.26. The molecule has 3 aromatic rings. The Kier molecular flexibility index (Phi) is 9.55. The molecule has 0 unspecified atom stereocenters. The van der Waals surface area contributed by atoms with Crippen LogP contribution in [-0.4, -0.2) is 57.1 Å². The summed E-state index contributed by atoms with van der Waals surface area (Å²) in [6, 6.07) is 12.0. The van der Waals surface area contributed by atoms with Gasteiger partial charge in [-0.05, 0) is 54.7 Å². The Morgan fingerprint density at radius 2 is 1.72 bits per heavy atom. The Labute approximate surface area is 220 Å². The van der Waals surface area contributed by atoms with Gasteiger partial charge in [0.1, 0.15) is 5.71 Å². The second-order valence-corrected chi connectivity index (χ2v) is 9.64. The van der Waals surface area contributed by atoms with E-state index in [1.807, 2.05) is 12.1 Å². The van der Waals surface area contributed by atoms with Gasteiger partial charge in [0, 0.05) is 35.3 Å². The summed E-state index contributed by atoms with van der Waals surface area (Å²) in [6.07, 6.45) is 1.66. The molecule has 0 fully saturated rings. The molecule has 0 aliphatic carbocycles. The van der Waals surface area contributed by atoms with E-state index in [0.29, 0.717) is 32.9 Å². The first-order valence-corrected chi connectivity index (χ1v) is 12.3. The summed E-state index contributed by atoms with van der Waals surface area (Å²) >= 11 is 12.3. The zero-order valence-corrected chi connectivity index (χ0v) is 22.1. The number of likely N-dealkylation sites (N-methyl/N-ethyl adjacent to an activating group) is 1. The lowest BCUT2D eigenvalue weighted by Gasteiger charge is -2.30. The Morgan fingerprint density at radius 1 is 1.06 bits per heavy atom. The van der Waals surface area contributed by atoms with Crippen molar-refractivity contribution in [1.29, 1.82) is 0 Å². The van der Waals surface area contributed by atoms with E-state index in [2.05, 4.69) is 44.8 Å². The van der Waals surface area contributed by atoms with E-state index >= 15 is 0 Å². The smallest absolute Gasteiger partial charge is 0.272 e. The Hall–Kier alpha value is -3.30. The van der Waals surface area contributed by atoms with Crippen molar-refractivity contribution in [2.24, 2.45) is 10.9 Å². The average molecular weight is 530 g/mol. The Morgan fingerprint density at radius 3 is 2.28 bits per heavy atom. The summed E-state index contributed by atoms with van der Waals surface area (Å²) in [4.78, 5) is 32.0. The topological polar surface area (TPSA) is 116 Å². The average Bonchev–Trinajstić information content (AvgIpc) is 3.36. The molecule has 9 nitrogen and oxygen atoms in total. The first-order valence-electron chi connectivity index (χ1n) is 11.5. The minimum absolute atomic E-state index is 0.165. The van der Waals surface area contributed by atoms with Crippen LogP contribution in [0.25, 0.3) is 0 Å². The molecule has 1 aromatic heterocycles. The lowest BCUT2D eigenvalue weighted by atomic mass is 9.95. The van der Waals surface area contributed by atoms with Crippen LogP contribution in [0.15, 0.2) is 47.5 Å². The molecule has 0 saturated heterocycles. The van der Waals surface area contributed by atoms with E-state index < -0.39 is 0 Å². The molecular weight excluding hydrogens is 501 g/mol. The van der Waals surface area contributed by atoms with Crippen molar-refractivity contribution < 1.29 is 9.59 Å². The predicted octanol–water partition coefficient (Wildman–Crippen LogP) is 4.49. The monoisotopic (exact) mass is 529 g/mol. The fourth-order valence-corrected chi connectivity index (χ4v) is 4.32. The maximum Gasteiger partial charge on any atom is 0.272 e. The Balaban J connectivity index is 1.81. The third-order valence-corrected chi connectivity index (χ3v) is 6.16. The number of aliphatic imine (C=N–C) groups is 1. The molecule has 2 aromatic carbocycles. The molecule has 3 rings (SSSR count). The van der Waals surface area contributed by atoms with Crippen molar-refractivity contribution in [3.05, 3.63) is 75.0 Å². The van der Waals surface area contributed by atoms with E-state index in [9.17, 15) is 9.59 Å². The third kappa shape index (κ3) is 7.11. The summed E-state index contributed by atoms with van der Waals surface area (Å²) in [5.41, 5.74) is 2.24. The van der Waals surface area contributed by atoms with Crippen molar-refractivity contribution in [1.82, 2.24) is 30.8 Å². The minimum Gasteiger partial charge on any atom is -0.345 e. The fraction of sp³-hybridized carbons (Fsp3) is 0.360. The molecule has 11 heteroatoms. The van der Waals surface area contributed by atoms with Gasteiger partial charge in [0.05, 0.1) is 12.6 Å². The van der Waals surface area contributed by atoms with Crippen LogP contribution in [0.4, 0.5) is 0 Å². The van der Waals surface area contributed by atoms with Gasteiger partial charge >= 0.3 is 0 Å². The van der Waals surface area contributed by atoms with Crippen LogP contribution in [0.5, 0.6) is 0 Å². The quantitative estimate of drug-likeness (QED) is 0.375. The standard InChI is InChI=1S/C25H29Cl2N7O2/c1-15(2)5-10-21(34(4)25(36)23(28-3)18-11-19(26)13-20(27)12-18)16-6-8-17(9-7-16)24(35)29-14-22-30-32-33-31-22/h6-9,11-13,15,21H,5,10,14H2,1-4H3,(H,29,35)(H,30,31,32,33)/t21-/m1/s1. The first-order chi connectivity index (χ1) is 17.2. The Bertz CT molecular complexity index is 1190. The van der Waals surface area contributed by atoms with Gasteiger partial charge in [0.15, 0.2) is 5.82 Å². The second-order valence-electron chi connectivity index (χ2n) is 8.77. The number of amides is 2. The van der Waals surface area contributed by atoms with E-state index in [1.165, 1.54) is 0 Å². The van der Waals surface area contributed by atoms with Gasteiger partial charge < -0.3 is 10.2 Å². The molecule has 190 valence electrons. The lowest BCUT2D eigenvalue weighted by molar-refractivity contribution is -0.125. The van der Waals surface area contributed by atoms with Crippen molar-refractivity contribution in [3.8, 4) is 0 Å². The number of benzene rings is 2. The SMILES string of the molecule is CN=C(C(=O)N(C)[C@H](CCC(C)C)c1ccc(C(=O)NCc2nn[nH]n2)cc1)c1cc(Cl)cc(Cl)c1. The number of H-pyrrole nitrogens is 1. The molecule has 1 atom stereocenters. The van der Waals surface area contributed by atoms with Crippen molar-refractivity contribution >= 4 is 40.7 Å². The van der Waals surface area contributed by atoms with E-state index in [4.69, 9.17) is 23.2 Å². The highest BCUT2D eigenvalue weighted by atomic mass is 35.5. The summed E-state index contributed by atoms with van der Waals surface area (Å²) < 4.78 is 0. The molecule has 0 bridgehead atoms. The van der Waals surface area contributed by atoms with Crippen LogP contribution in [0, 0.1) is 5.92 Å². The van der Waals surface area contributed by atoms with E-state index in [0.717, 1.165) is 18.4 Å². The maximum absolute atomic E-state index is 13.6. The molecule has 0 spiro atoms. The number of hydrogen-bond donors (Lipinski definition) is 2. The zero-order valence-electron chi connectivity index (χ0n) is 20.6. The number of nitrogens with one attached hydrogen (secondary N) is 2. The lowest BCUT2D eigenvalue weighted by Crippen LogP contribution is -2.37. The predicted molar refractivity (Wildman–Crippen MR) is 140 cm³/mol. The molecule has 2 amide bonds. The molecule has 2 N–H and O–H groups in total. The van der Waals surface area contributed by atoms with Gasteiger partial charge in [-0.1, -0.05) is 54.4 Å². The van der Waals surface area contributed by atoms with Crippen LogP contribution in [0.1, 0.15) is 60.0 Å². The first kappa shape index (κ1) is 27.3. The van der Waals surface area contributed by atoms with Crippen molar-refractivity contribution in [3.63, 3.8) is 0 Å². The van der Waals surface area contributed by atoms with E-state index in [1.54, 1.807) is 49.3 Å². The molecule has 0 aliphatic rings. The highest BCUT2D eigenvalue weighted by molar-refractivity contribution is 6.46. The van der Waals surface area contributed by atoms with Gasteiger partial charge in [-0.15, -0.1) is 10.2 Å². The van der Waals surface area contributed by atoms with Crippen LogP contribution < -0.4 is 5.32 Å². The number of tetrazole rings is 1. The number of halogens is 2. The molecule has 1 heterocycles. The highest BCUT2D eigenvalue weighted by Crippen LogP contribution is 2.28. The van der Waals surface area contributed by atoms with Crippen molar-refractivity contribution in [2.75, 3.05) is 14.1 Å². The number of carbonyl (C=O) groups is 2. The molecule has 36 heavy (non-hydrogen) atoms. The third-order valence-electron chi connectivity index (χ3n) is 5.72. The summed E-state index contributed by atoms with van der Waals surface area (Å²) in [7, 11) is 3.33.